The first-order valence-corrected chi connectivity index (χ1v) is 23.0. The molecule has 0 aromatic carbocycles. The number of unbranched alkanes of at least 4 members (excludes halogenated alkanes) is 21. The summed E-state index contributed by atoms with van der Waals surface area (Å²) in [5.74, 6) is -0.532. The van der Waals surface area contributed by atoms with Crippen molar-refractivity contribution in [1.29, 1.82) is 0 Å². The van der Waals surface area contributed by atoms with E-state index in [1.54, 1.807) is 0 Å². The van der Waals surface area contributed by atoms with Crippen LogP contribution in [0, 0.1) is 0 Å². The number of esters is 1. The van der Waals surface area contributed by atoms with Crippen molar-refractivity contribution in [2.45, 2.75) is 200 Å². The van der Waals surface area contributed by atoms with E-state index < -0.39 is 26.5 Å². The van der Waals surface area contributed by atoms with Gasteiger partial charge in [0.2, 0.25) is 5.91 Å². The van der Waals surface area contributed by atoms with Gasteiger partial charge < -0.3 is 20.1 Å². The summed E-state index contributed by atoms with van der Waals surface area (Å²) in [6, 6.07) is 0. The molecule has 310 valence electrons. The molecular formula is C43H80NO8P. The van der Waals surface area contributed by atoms with Crippen LogP contribution < -0.4 is 5.32 Å². The summed E-state index contributed by atoms with van der Waals surface area (Å²) in [4.78, 5) is 33.9. The average molecular weight is 770 g/mol. The van der Waals surface area contributed by atoms with Crippen molar-refractivity contribution in [2.24, 2.45) is 0 Å². The molecule has 0 heterocycles. The molecule has 10 heteroatoms. The standard InChI is InChI=1S/C43H80NO8P/c1-3-5-7-9-11-13-15-17-19-20-21-22-24-26-28-30-32-34-36-43(47)50-39-41(45)40-52-53(48,49)51-38-37-44-42(46)35-33-31-29-27-25-23-18-16-14-12-10-8-6-4-2/h13,15-16,18-20,41,45H,3-12,14,17,21-40H2,1-2H3,(H,44,46)(H,48,49)/b15-13-,18-16-,20-19-. The fourth-order valence-electron chi connectivity index (χ4n) is 5.76. The maximum Gasteiger partial charge on any atom is 0.472 e. The molecule has 0 aromatic rings. The number of hydrogen-bond donors (Lipinski definition) is 3. The Hall–Kier alpha value is -1.77. The van der Waals surface area contributed by atoms with E-state index >= 15 is 0 Å². The number of aliphatic hydroxyl groups excluding tert-OH is 1. The van der Waals surface area contributed by atoms with E-state index in [1.807, 2.05) is 0 Å². The molecule has 0 aliphatic rings. The minimum atomic E-state index is -4.42. The Morgan fingerprint density at radius 1 is 0.585 bits per heavy atom. The minimum absolute atomic E-state index is 0.0764. The second-order valence-electron chi connectivity index (χ2n) is 14.3. The van der Waals surface area contributed by atoms with Crippen LogP contribution in [0.3, 0.4) is 0 Å². The van der Waals surface area contributed by atoms with Crippen LogP contribution in [0.25, 0.3) is 0 Å². The van der Waals surface area contributed by atoms with Crippen LogP contribution in [0.15, 0.2) is 36.5 Å². The van der Waals surface area contributed by atoms with Gasteiger partial charge in [-0.2, -0.15) is 0 Å². The van der Waals surface area contributed by atoms with E-state index in [0.717, 1.165) is 70.6 Å². The number of rotatable bonds is 40. The van der Waals surface area contributed by atoms with Crippen LogP contribution >= 0.6 is 7.82 Å². The van der Waals surface area contributed by atoms with Gasteiger partial charge in [0.25, 0.3) is 0 Å². The van der Waals surface area contributed by atoms with Crippen LogP contribution in [0.2, 0.25) is 0 Å². The summed E-state index contributed by atoms with van der Waals surface area (Å²) in [7, 11) is -4.42. The molecule has 0 spiro atoms. The highest BCUT2D eigenvalue weighted by Crippen LogP contribution is 2.42. The first kappa shape index (κ1) is 51.2. The molecule has 2 unspecified atom stereocenters. The van der Waals surface area contributed by atoms with Gasteiger partial charge in [-0.05, 0) is 70.6 Å². The number of hydrogen-bond acceptors (Lipinski definition) is 7. The minimum Gasteiger partial charge on any atom is -0.463 e. The zero-order chi connectivity index (χ0) is 38.9. The highest BCUT2D eigenvalue weighted by atomic mass is 31.2. The summed E-state index contributed by atoms with van der Waals surface area (Å²) >= 11 is 0. The highest BCUT2D eigenvalue weighted by Gasteiger charge is 2.23. The molecule has 1 amide bonds. The van der Waals surface area contributed by atoms with Crippen molar-refractivity contribution in [3.63, 3.8) is 0 Å². The Bertz CT molecular complexity index is 970. The van der Waals surface area contributed by atoms with Gasteiger partial charge in [0.15, 0.2) is 0 Å². The van der Waals surface area contributed by atoms with Gasteiger partial charge in [-0.1, -0.05) is 147 Å². The molecule has 9 nitrogen and oxygen atoms in total. The Kier molecular flexibility index (Phi) is 38.6. The third kappa shape index (κ3) is 41.2. The molecule has 0 saturated carbocycles. The number of nitrogens with one attached hydrogen (secondary N) is 1. The van der Waals surface area contributed by atoms with Gasteiger partial charge in [-0.15, -0.1) is 0 Å². The van der Waals surface area contributed by atoms with Gasteiger partial charge in [-0.3, -0.25) is 18.6 Å². The zero-order valence-electron chi connectivity index (χ0n) is 34.0. The van der Waals surface area contributed by atoms with E-state index in [2.05, 4.69) is 55.6 Å². The largest absolute Gasteiger partial charge is 0.472 e. The van der Waals surface area contributed by atoms with Crippen molar-refractivity contribution in [2.75, 3.05) is 26.4 Å². The van der Waals surface area contributed by atoms with Crippen molar-refractivity contribution in [1.82, 2.24) is 5.32 Å². The quantitative estimate of drug-likeness (QED) is 0.0243. The van der Waals surface area contributed by atoms with E-state index in [-0.39, 0.29) is 32.1 Å². The van der Waals surface area contributed by atoms with Gasteiger partial charge in [0.05, 0.1) is 13.2 Å². The average Bonchev–Trinajstić information content (AvgIpc) is 3.14. The van der Waals surface area contributed by atoms with Crippen molar-refractivity contribution < 1.29 is 37.9 Å². The molecule has 2 atom stereocenters. The van der Waals surface area contributed by atoms with Crippen molar-refractivity contribution >= 4 is 19.7 Å². The zero-order valence-corrected chi connectivity index (χ0v) is 34.9. The summed E-state index contributed by atoms with van der Waals surface area (Å²) in [6.07, 6.45) is 43.5. The highest BCUT2D eigenvalue weighted by molar-refractivity contribution is 7.47. The number of ether oxygens (including phenoxy) is 1. The lowest BCUT2D eigenvalue weighted by Gasteiger charge is -2.15. The lowest BCUT2D eigenvalue weighted by Crippen LogP contribution is -2.27. The number of aliphatic hydroxyl groups is 1. The predicted molar refractivity (Wildman–Crippen MR) is 220 cm³/mol. The van der Waals surface area contributed by atoms with Gasteiger partial charge >= 0.3 is 13.8 Å². The SMILES string of the molecule is CCCCCC/C=C\C/C=C\CCCCCCCCCC(=O)OCC(O)COP(=O)(O)OCCNC(=O)CCCCCCC/C=C\CCCCCCC. The second kappa shape index (κ2) is 39.9. The monoisotopic (exact) mass is 770 g/mol. The van der Waals surface area contributed by atoms with E-state index in [0.29, 0.717) is 6.42 Å². The Morgan fingerprint density at radius 3 is 1.55 bits per heavy atom. The third-order valence-corrected chi connectivity index (χ3v) is 10.0. The first-order valence-electron chi connectivity index (χ1n) is 21.5. The lowest BCUT2D eigenvalue weighted by molar-refractivity contribution is -0.147. The molecule has 0 rings (SSSR count). The van der Waals surface area contributed by atoms with Crippen molar-refractivity contribution in [3.8, 4) is 0 Å². The van der Waals surface area contributed by atoms with Crippen LogP contribution in [-0.4, -0.2) is 54.3 Å². The molecule has 0 bridgehead atoms. The maximum atomic E-state index is 12.1. The molecule has 0 fully saturated rings. The first-order chi connectivity index (χ1) is 25.8. The number of carbonyl (C=O) groups excluding carboxylic acids is 2. The molecular weight excluding hydrogens is 689 g/mol. The van der Waals surface area contributed by atoms with E-state index in [4.69, 9.17) is 13.8 Å². The molecule has 0 aromatic heterocycles. The number of phosphoric acid groups is 1. The second-order valence-corrected chi connectivity index (χ2v) is 15.8. The molecule has 0 radical (unpaired) electrons. The summed E-state index contributed by atoms with van der Waals surface area (Å²) in [5, 5.41) is 12.7. The third-order valence-electron chi connectivity index (χ3n) is 9.04. The smallest absolute Gasteiger partial charge is 0.463 e. The van der Waals surface area contributed by atoms with Crippen LogP contribution in [0.1, 0.15) is 194 Å². The summed E-state index contributed by atoms with van der Waals surface area (Å²) < 4.78 is 26.8. The maximum absolute atomic E-state index is 12.1. The Balaban J connectivity index is 3.62. The Morgan fingerprint density at radius 2 is 1.02 bits per heavy atom. The number of allylic oxidation sites excluding steroid dienone is 6. The molecule has 53 heavy (non-hydrogen) atoms. The fourth-order valence-corrected chi connectivity index (χ4v) is 6.51. The summed E-state index contributed by atoms with van der Waals surface area (Å²) in [6.45, 7) is 3.51. The molecule has 3 N–H and O–H groups in total. The van der Waals surface area contributed by atoms with Gasteiger partial charge in [-0.25, -0.2) is 4.57 Å². The predicted octanol–water partition coefficient (Wildman–Crippen LogP) is 11.8. The van der Waals surface area contributed by atoms with Crippen LogP contribution in [0.4, 0.5) is 0 Å². The van der Waals surface area contributed by atoms with Crippen LogP contribution in [-0.2, 0) is 27.9 Å². The topological polar surface area (TPSA) is 131 Å². The number of amides is 1. The molecule has 0 aliphatic heterocycles. The fraction of sp³-hybridized carbons (Fsp3) is 0.814. The van der Waals surface area contributed by atoms with Crippen molar-refractivity contribution in [3.05, 3.63) is 36.5 Å². The van der Waals surface area contributed by atoms with E-state index in [9.17, 15) is 24.2 Å². The van der Waals surface area contributed by atoms with Crippen LogP contribution in [0.5, 0.6) is 0 Å². The van der Waals surface area contributed by atoms with Gasteiger partial charge in [0, 0.05) is 19.4 Å². The number of carbonyl (C=O) groups is 2. The summed E-state index contributed by atoms with van der Waals surface area (Å²) in [5.41, 5.74) is 0. The number of phosphoric ester groups is 1. The molecule has 0 saturated heterocycles. The van der Waals surface area contributed by atoms with Gasteiger partial charge in [0.1, 0.15) is 12.7 Å². The molecule has 0 aliphatic carbocycles. The van der Waals surface area contributed by atoms with E-state index in [1.165, 1.54) is 96.3 Å². The Labute approximate surface area is 324 Å². The normalized spacial score (nSPS) is 13.7. The lowest BCUT2D eigenvalue weighted by atomic mass is 10.1.